The van der Waals surface area contributed by atoms with E-state index in [1.807, 2.05) is 0 Å². The van der Waals surface area contributed by atoms with Gasteiger partial charge in [0.05, 0.1) is 0 Å². The van der Waals surface area contributed by atoms with Gasteiger partial charge < -0.3 is 9.80 Å². The van der Waals surface area contributed by atoms with Crippen LogP contribution in [0.5, 0.6) is 0 Å². The van der Waals surface area contributed by atoms with Crippen LogP contribution < -0.4 is 0 Å². The Kier molecular flexibility index (Phi) is 5.92. The molecule has 0 unspecified atom stereocenters. The smallest absolute Gasteiger partial charge is 0.00961 e. The predicted octanol–water partition coefficient (Wildman–Crippen LogP) is 3.86. The van der Waals surface area contributed by atoms with E-state index < -0.39 is 0 Å². The summed E-state index contributed by atoms with van der Waals surface area (Å²) in [6, 6.07) is 1.53. The van der Waals surface area contributed by atoms with Crippen molar-refractivity contribution in [2.45, 2.75) is 72.4 Å². The van der Waals surface area contributed by atoms with Gasteiger partial charge in [-0.15, -0.1) is 0 Å². The summed E-state index contributed by atoms with van der Waals surface area (Å²) in [5, 5.41) is 0. The molecule has 2 nitrogen and oxygen atoms in total. The van der Waals surface area contributed by atoms with Gasteiger partial charge in [-0.3, -0.25) is 0 Å². The highest BCUT2D eigenvalue weighted by atomic mass is 15.2. The molecule has 0 aromatic heterocycles. The maximum absolute atomic E-state index is 2.79. The SMILES string of the molecule is CC(C)C1CCN([C@@H](C)C2CCN(C(C)C)CC2)CC1. The van der Waals surface area contributed by atoms with Gasteiger partial charge in [0.25, 0.3) is 0 Å². The Hall–Kier alpha value is -0.0800. The monoisotopic (exact) mass is 280 g/mol. The van der Waals surface area contributed by atoms with Crippen molar-refractivity contribution in [3.63, 3.8) is 0 Å². The molecule has 0 aliphatic carbocycles. The Morgan fingerprint density at radius 1 is 0.650 bits per heavy atom. The van der Waals surface area contributed by atoms with Crippen LogP contribution in [0.4, 0.5) is 0 Å². The van der Waals surface area contributed by atoms with E-state index in [0.29, 0.717) is 0 Å². The largest absolute Gasteiger partial charge is 0.301 e. The van der Waals surface area contributed by atoms with E-state index in [9.17, 15) is 0 Å². The summed E-state index contributed by atoms with van der Waals surface area (Å²) < 4.78 is 0. The van der Waals surface area contributed by atoms with Crippen molar-refractivity contribution in [1.29, 1.82) is 0 Å². The molecule has 2 heteroatoms. The second-order valence-electron chi connectivity index (χ2n) is 7.83. The summed E-state index contributed by atoms with van der Waals surface area (Å²) in [5.41, 5.74) is 0. The van der Waals surface area contributed by atoms with Crippen LogP contribution in [0.25, 0.3) is 0 Å². The molecule has 0 amide bonds. The van der Waals surface area contributed by atoms with Gasteiger partial charge in [0, 0.05) is 12.1 Å². The lowest BCUT2D eigenvalue weighted by atomic mass is 9.83. The van der Waals surface area contributed by atoms with Crippen molar-refractivity contribution >= 4 is 0 Å². The van der Waals surface area contributed by atoms with Crippen LogP contribution in [0.3, 0.4) is 0 Å². The van der Waals surface area contributed by atoms with Gasteiger partial charge in [-0.25, -0.2) is 0 Å². The van der Waals surface area contributed by atoms with Crippen molar-refractivity contribution in [3.05, 3.63) is 0 Å². The minimum Gasteiger partial charge on any atom is -0.301 e. The first-order valence-electron chi connectivity index (χ1n) is 8.97. The van der Waals surface area contributed by atoms with E-state index in [0.717, 1.165) is 29.8 Å². The molecule has 118 valence electrons. The second-order valence-corrected chi connectivity index (χ2v) is 7.83. The number of hydrogen-bond acceptors (Lipinski definition) is 2. The van der Waals surface area contributed by atoms with Gasteiger partial charge >= 0.3 is 0 Å². The molecule has 0 saturated carbocycles. The predicted molar refractivity (Wildman–Crippen MR) is 88.0 cm³/mol. The Morgan fingerprint density at radius 3 is 1.55 bits per heavy atom. The molecule has 2 fully saturated rings. The average Bonchev–Trinajstić information content (AvgIpc) is 2.46. The summed E-state index contributed by atoms with van der Waals surface area (Å²) >= 11 is 0. The highest BCUT2D eigenvalue weighted by Crippen LogP contribution is 2.30. The summed E-state index contributed by atoms with van der Waals surface area (Å²) in [4.78, 5) is 5.43. The zero-order valence-electron chi connectivity index (χ0n) is 14.4. The maximum atomic E-state index is 2.79. The topological polar surface area (TPSA) is 6.48 Å². The molecule has 2 aliphatic heterocycles. The minimum absolute atomic E-state index is 0.730. The average molecular weight is 281 g/mol. The quantitative estimate of drug-likeness (QED) is 0.771. The van der Waals surface area contributed by atoms with Crippen molar-refractivity contribution in [2.75, 3.05) is 26.2 Å². The van der Waals surface area contributed by atoms with E-state index in [1.165, 1.54) is 51.9 Å². The first-order valence-corrected chi connectivity index (χ1v) is 8.97. The summed E-state index contributed by atoms with van der Waals surface area (Å²) in [5.74, 6) is 2.78. The van der Waals surface area contributed by atoms with Crippen LogP contribution in [-0.4, -0.2) is 48.1 Å². The molecule has 0 spiro atoms. The van der Waals surface area contributed by atoms with E-state index in [2.05, 4.69) is 44.4 Å². The lowest BCUT2D eigenvalue weighted by Gasteiger charge is -2.43. The third-order valence-corrected chi connectivity index (χ3v) is 6.08. The highest BCUT2D eigenvalue weighted by Gasteiger charge is 2.31. The molecule has 2 rings (SSSR count). The molecule has 0 aromatic rings. The van der Waals surface area contributed by atoms with E-state index in [4.69, 9.17) is 0 Å². The number of rotatable bonds is 4. The molecular weight excluding hydrogens is 244 g/mol. The Labute approximate surface area is 126 Å². The highest BCUT2D eigenvalue weighted by molar-refractivity contribution is 4.85. The van der Waals surface area contributed by atoms with Crippen LogP contribution in [-0.2, 0) is 0 Å². The minimum atomic E-state index is 0.730. The van der Waals surface area contributed by atoms with Gasteiger partial charge in [0.1, 0.15) is 0 Å². The molecule has 0 bridgehead atoms. The first-order chi connectivity index (χ1) is 9.49. The first kappa shape index (κ1) is 16.3. The van der Waals surface area contributed by atoms with Crippen molar-refractivity contribution < 1.29 is 0 Å². The summed E-state index contributed by atoms with van der Waals surface area (Å²) in [6.45, 7) is 17.3. The lowest BCUT2D eigenvalue weighted by Crippen LogP contribution is -2.48. The van der Waals surface area contributed by atoms with Crippen LogP contribution in [0.15, 0.2) is 0 Å². The molecule has 2 heterocycles. The molecule has 2 saturated heterocycles. The van der Waals surface area contributed by atoms with E-state index >= 15 is 0 Å². The molecule has 0 radical (unpaired) electrons. The number of likely N-dealkylation sites (tertiary alicyclic amines) is 2. The molecule has 0 aromatic carbocycles. The molecule has 2 aliphatic rings. The van der Waals surface area contributed by atoms with Crippen LogP contribution in [0, 0.1) is 17.8 Å². The third-order valence-electron chi connectivity index (χ3n) is 6.08. The lowest BCUT2D eigenvalue weighted by molar-refractivity contribution is 0.0558. The number of nitrogens with zero attached hydrogens (tertiary/aromatic N) is 2. The number of hydrogen-bond donors (Lipinski definition) is 0. The van der Waals surface area contributed by atoms with E-state index in [-0.39, 0.29) is 0 Å². The van der Waals surface area contributed by atoms with Crippen molar-refractivity contribution in [3.8, 4) is 0 Å². The van der Waals surface area contributed by atoms with Crippen LogP contribution in [0.1, 0.15) is 60.3 Å². The number of piperidine rings is 2. The molecular formula is C18H36N2. The Morgan fingerprint density at radius 2 is 1.10 bits per heavy atom. The summed E-state index contributed by atoms with van der Waals surface area (Å²) in [6.07, 6.45) is 5.66. The Bertz CT molecular complexity index is 243. The van der Waals surface area contributed by atoms with Gasteiger partial charge in [-0.05, 0) is 90.4 Å². The summed E-state index contributed by atoms with van der Waals surface area (Å²) in [7, 11) is 0. The van der Waals surface area contributed by atoms with Crippen molar-refractivity contribution in [2.24, 2.45) is 17.8 Å². The van der Waals surface area contributed by atoms with E-state index in [1.54, 1.807) is 0 Å². The molecule has 0 N–H and O–H groups in total. The van der Waals surface area contributed by atoms with Gasteiger partial charge in [0.15, 0.2) is 0 Å². The van der Waals surface area contributed by atoms with Crippen LogP contribution in [0.2, 0.25) is 0 Å². The Balaban J connectivity index is 1.77. The fourth-order valence-electron chi connectivity index (χ4n) is 4.21. The maximum Gasteiger partial charge on any atom is 0.00961 e. The normalized spacial score (nSPS) is 26.6. The van der Waals surface area contributed by atoms with Gasteiger partial charge in [-0.1, -0.05) is 13.8 Å². The zero-order chi connectivity index (χ0) is 14.7. The zero-order valence-corrected chi connectivity index (χ0v) is 14.4. The standard InChI is InChI=1S/C18H36N2/c1-14(2)17-6-12-20(13-7-17)16(5)18-8-10-19(11-9-18)15(3)4/h14-18H,6-13H2,1-5H3/t16-/m0/s1. The van der Waals surface area contributed by atoms with Gasteiger partial charge in [0.2, 0.25) is 0 Å². The van der Waals surface area contributed by atoms with Crippen molar-refractivity contribution in [1.82, 2.24) is 9.80 Å². The molecule has 1 atom stereocenters. The molecule has 20 heavy (non-hydrogen) atoms. The fraction of sp³-hybridized carbons (Fsp3) is 1.00. The van der Waals surface area contributed by atoms with Gasteiger partial charge in [-0.2, -0.15) is 0 Å². The fourth-order valence-corrected chi connectivity index (χ4v) is 4.21. The third kappa shape index (κ3) is 3.98. The van der Waals surface area contributed by atoms with Crippen LogP contribution >= 0.6 is 0 Å². The second kappa shape index (κ2) is 7.26.